The van der Waals surface area contributed by atoms with Gasteiger partial charge in [-0.1, -0.05) is 33.0 Å². The molecule has 0 amide bonds. The molecule has 0 unspecified atom stereocenters. The number of rotatable bonds is 9. The molecule has 0 fully saturated rings. The number of nitrogens with zero attached hydrogens (tertiary/aromatic N) is 1. The van der Waals surface area contributed by atoms with Gasteiger partial charge >= 0.3 is 0 Å². The first-order valence-electron chi connectivity index (χ1n) is 6.41. The average molecular weight is 227 g/mol. The Labute approximate surface area is 97.6 Å². The van der Waals surface area contributed by atoms with Crippen LogP contribution in [0.3, 0.4) is 0 Å². The molecule has 0 aliphatic rings. The highest BCUT2D eigenvalue weighted by atomic mass is 28.3. The largest absolute Gasteiger partial charge is 0.303 e. The maximum atomic E-state index is 3.95. The van der Waals surface area contributed by atoms with Crippen LogP contribution in [0.1, 0.15) is 33.1 Å². The molecule has 2 heteroatoms. The molecule has 15 heavy (non-hydrogen) atoms. The van der Waals surface area contributed by atoms with Gasteiger partial charge in [-0.2, -0.15) is 0 Å². The van der Waals surface area contributed by atoms with E-state index < -0.39 is 8.07 Å². The Kier molecular flexibility index (Phi) is 8.07. The van der Waals surface area contributed by atoms with Gasteiger partial charge in [-0.3, -0.25) is 0 Å². The van der Waals surface area contributed by atoms with Crippen LogP contribution in [0.4, 0.5) is 0 Å². The van der Waals surface area contributed by atoms with Crippen molar-refractivity contribution in [3.8, 4) is 0 Å². The summed E-state index contributed by atoms with van der Waals surface area (Å²) in [6.45, 7) is 17.1. The lowest BCUT2D eigenvalue weighted by Crippen LogP contribution is -2.29. The van der Waals surface area contributed by atoms with E-state index in [9.17, 15) is 0 Å². The normalized spacial score (nSPS) is 12.1. The summed E-state index contributed by atoms with van der Waals surface area (Å²) < 4.78 is 0. The van der Waals surface area contributed by atoms with Gasteiger partial charge in [-0.05, 0) is 38.9 Å². The van der Waals surface area contributed by atoms with Crippen LogP contribution < -0.4 is 0 Å². The SMILES string of the molecule is C=C[Si](C)(C)CCCN(CCC)CCC. The van der Waals surface area contributed by atoms with Gasteiger partial charge in [-0.25, -0.2) is 0 Å². The second-order valence-corrected chi connectivity index (χ2v) is 10.0. The van der Waals surface area contributed by atoms with E-state index in [0.717, 1.165) is 0 Å². The predicted octanol–water partition coefficient (Wildman–Crippen LogP) is 3.93. The molecule has 0 rings (SSSR count). The molecule has 0 aliphatic heterocycles. The molecule has 0 saturated heterocycles. The Morgan fingerprint density at radius 2 is 1.60 bits per heavy atom. The van der Waals surface area contributed by atoms with Gasteiger partial charge in [0.25, 0.3) is 0 Å². The zero-order chi connectivity index (χ0) is 11.7. The fraction of sp³-hybridized carbons (Fsp3) is 0.846. The second kappa shape index (κ2) is 8.11. The van der Waals surface area contributed by atoms with Crippen LogP contribution in [-0.2, 0) is 0 Å². The van der Waals surface area contributed by atoms with Crippen molar-refractivity contribution >= 4 is 8.07 Å². The molecule has 0 N–H and O–H groups in total. The first kappa shape index (κ1) is 14.9. The highest BCUT2D eigenvalue weighted by Gasteiger charge is 2.15. The predicted molar refractivity (Wildman–Crippen MR) is 74.1 cm³/mol. The molecule has 1 nitrogen and oxygen atoms in total. The molecule has 0 aliphatic carbocycles. The number of hydrogen-bond donors (Lipinski definition) is 0. The van der Waals surface area contributed by atoms with Crippen LogP contribution in [0.5, 0.6) is 0 Å². The molecule has 0 atom stereocenters. The fourth-order valence-corrected chi connectivity index (χ4v) is 3.10. The van der Waals surface area contributed by atoms with E-state index in [-0.39, 0.29) is 0 Å². The van der Waals surface area contributed by atoms with E-state index in [0.29, 0.717) is 0 Å². The lowest BCUT2D eigenvalue weighted by Gasteiger charge is -2.23. The summed E-state index contributed by atoms with van der Waals surface area (Å²) >= 11 is 0. The average Bonchev–Trinajstić information content (AvgIpc) is 2.18. The first-order valence-corrected chi connectivity index (χ1v) is 9.70. The second-order valence-electron chi connectivity index (χ2n) is 5.14. The van der Waals surface area contributed by atoms with Gasteiger partial charge in [0.05, 0.1) is 8.07 Å². The minimum atomic E-state index is -1.05. The van der Waals surface area contributed by atoms with E-state index in [1.807, 2.05) is 0 Å². The fourth-order valence-electron chi connectivity index (χ4n) is 1.83. The van der Waals surface area contributed by atoms with Gasteiger partial charge in [0, 0.05) is 0 Å². The van der Waals surface area contributed by atoms with E-state index in [2.05, 4.69) is 44.1 Å². The third kappa shape index (κ3) is 7.80. The Balaban J connectivity index is 3.74. The molecule has 0 spiro atoms. The molecular weight excluding hydrogens is 198 g/mol. The molecule has 0 radical (unpaired) electrons. The van der Waals surface area contributed by atoms with E-state index in [1.165, 1.54) is 44.9 Å². The van der Waals surface area contributed by atoms with Crippen molar-refractivity contribution in [2.45, 2.75) is 52.2 Å². The quantitative estimate of drug-likeness (QED) is 0.539. The molecule has 0 saturated carbocycles. The topological polar surface area (TPSA) is 3.24 Å². The lowest BCUT2D eigenvalue weighted by atomic mass is 10.3. The van der Waals surface area contributed by atoms with Crippen molar-refractivity contribution < 1.29 is 0 Å². The Hall–Kier alpha value is -0.0831. The third-order valence-corrected chi connectivity index (χ3v) is 5.68. The van der Waals surface area contributed by atoms with Crippen LogP contribution in [0.15, 0.2) is 12.3 Å². The summed E-state index contributed by atoms with van der Waals surface area (Å²) in [5.74, 6) is 0. The molecule has 0 aromatic heterocycles. The van der Waals surface area contributed by atoms with E-state index >= 15 is 0 Å². The van der Waals surface area contributed by atoms with Crippen molar-refractivity contribution in [3.05, 3.63) is 12.3 Å². The van der Waals surface area contributed by atoms with Crippen LogP contribution in [0.25, 0.3) is 0 Å². The highest BCUT2D eigenvalue weighted by molar-refractivity contribution is 6.82. The van der Waals surface area contributed by atoms with Crippen LogP contribution in [-0.4, -0.2) is 32.6 Å². The van der Waals surface area contributed by atoms with E-state index in [4.69, 9.17) is 0 Å². The molecular formula is C13H29NSi. The Bertz CT molecular complexity index is 160. The molecule has 0 heterocycles. The van der Waals surface area contributed by atoms with Crippen molar-refractivity contribution in [3.63, 3.8) is 0 Å². The summed E-state index contributed by atoms with van der Waals surface area (Å²) in [5, 5.41) is 0. The minimum absolute atomic E-state index is 1.05. The Morgan fingerprint density at radius 1 is 1.07 bits per heavy atom. The van der Waals surface area contributed by atoms with Crippen molar-refractivity contribution in [1.29, 1.82) is 0 Å². The maximum absolute atomic E-state index is 3.95. The Morgan fingerprint density at radius 3 is 2.00 bits per heavy atom. The third-order valence-electron chi connectivity index (χ3n) is 2.93. The van der Waals surface area contributed by atoms with Crippen molar-refractivity contribution in [2.24, 2.45) is 0 Å². The zero-order valence-electron chi connectivity index (χ0n) is 11.2. The molecule has 0 aromatic rings. The van der Waals surface area contributed by atoms with Gasteiger partial charge in [0.2, 0.25) is 0 Å². The lowest BCUT2D eigenvalue weighted by molar-refractivity contribution is 0.275. The summed E-state index contributed by atoms with van der Waals surface area (Å²) in [6.07, 6.45) is 3.91. The standard InChI is InChI=1S/C13H29NSi/c1-6-10-14(11-7-2)12-9-13-15(4,5)8-3/h8H,3,6-7,9-13H2,1-2,4-5H3. The summed E-state index contributed by atoms with van der Waals surface area (Å²) in [6, 6.07) is 1.39. The molecule has 0 bridgehead atoms. The first-order chi connectivity index (χ1) is 7.05. The molecule has 0 aromatic carbocycles. The van der Waals surface area contributed by atoms with Crippen LogP contribution in [0, 0.1) is 0 Å². The summed E-state index contributed by atoms with van der Waals surface area (Å²) in [7, 11) is -1.05. The van der Waals surface area contributed by atoms with Gasteiger partial charge < -0.3 is 4.90 Å². The maximum Gasteiger partial charge on any atom is 0.0710 e. The van der Waals surface area contributed by atoms with E-state index in [1.54, 1.807) is 0 Å². The van der Waals surface area contributed by atoms with Gasteiger partial charge in [0.1, 0.15) is 0 Å². The zero-order valence-corrected chi connectivity index (χ0v) is 12.2. The van der Waals surface area contributed by atoms with Crippen LogP contribution in [0.2, 0.25) is 19.1 Å². The monoisotopic (exact) mass is 227 g/mol. The summed E-state index contributed by atoms with van der Waals surface area (Å²) in [5.41, 5.74) is 2.22. The summed E-state index contributed by atoms with van der Waals surface area (Å²) in [4.78, 5) is 2.60. The molecule has 90 valence electrons. The van der Waals surface area contributed by atoms with Gasteiger partial charge in [-0.15, -0.1) is 12.3 Å². The van der Waals surface area contributed by atoms with Crippen molar-refractivity contribution in [1.82, 2.24) is 4.90 Å². The van der Waals surface area contributed by atoms with Gasteiger partial charge in [0.15, 0.2) is 0 Å². The minimum Gasteiger partial charge on any atom is -0.303 e. The van der Waals surface area contributed by atoms with Crippen molar-refractivity contribution in [2.75, 3.05) is 19.6 Å². The highest BCUT2D eigenvalue weighted by Crippen LogP contribution is 2.13. The number of hydrogen-bond acceptors (Lipinski definition) is 1. The smallest absolute Gasteiger partial charge is 0.0710 e. The van der Waals surface area contributed by atoms with Crippen LogP contribution >= 0.6 is 0 Å².